The van der Waals surface area contributed by atoms with Gasteiger partial charge in [-0.1, -0.05) is 22.9 Å². The van der Waals surface area contributed by atoms with Crippen LogP contribution in [0.4, 0.5) is 14.5 Å². The van der Waals surface area contributed by atoms with Crippen molar-refractivity contribution in [2.24, 2.45) is 5.41 Å². The number of nitrogens with one attached hydrogen (secondary N) is 1. The van der Waals surface area contributed by atoms with Crippen LogP contribution < -0.4 is 10.2 Å². The zero-order chi connectivity index (χ0) is 21.3. The molecule has 2 aliphatic rings. The van der Waals surface area contributed by atoms with Gasteiger partial charge in [-0.3, -0.25) is 4.40 Å². The van der Waals surface area contributed by atoms with E-state index in [9.17, 15) is 17.2 Å². The minimum atomic E-state index is -3.54. The lowest BCUT2D eigenvalue weighted by molar-refractivity contribution is 0.150. The van der Waals surface area contributed by atoms with Gasteiger partial charge in [0.15, 0.2) is 30.8 Å². The summed E-state index contributed by atoms with van der Waals surface area (Å²) in [5.74, 6) is 0.184. The van der Waals surface area contributed by atoms with Crippen molar-refractivity contribution in [2.75, 3.05) is 37.3 Å². The summed E-state index contributed by atoms with van der Waals surface area (Å²) < 4.78 is 52.1. The van der Waals surface area contributed by atoms with Crippen molar-refractivity contribution in [1.82, 2.24) is 24.9 Å². The van der Waals surface area contributed by atoms with E-state index in [2.05, 4.69) is 25.4 Å². The van der Waals surface area contributed by atoms with Gasteiger partial charge >= 0.3 is 0 Å². The fourth-order valence-corrected chi connectivity index (χ4v) is 5.71. The van der Waals surface area contributed by atoms with Gasteiger partial charge in [0.1, 0.15) is 5.52 Å². The number of hydrogen-bond donors (Lipinski definition) is 1. The Balaban J connectivity index is 1.67. The molecule has 0 unspecified atom stereocenters. The predicted octanol–water partition coefficient (Wildman–Crippen LogP) is 2.65. The second-order valence-corrected chi connectivity index (χ2v) is 11.2. The van der Waals surface area contributed by atoms with E-state index in [1.54, 1.807) is 6.07 Å². The summed E-state index contributed by atoms with van der Waals surface area (Å²) >= 11 is 7.13. The first-order valence-corrected chi connectivity index (χ1v) is 12.2. The number of aromatic nitrogens is 4. The van der Waals surface area contributed by atoms with Gasteiger partial charge in [-0.05, 0) is 19.0 Å². The largest absolute Gasteiger partial charge is 0.368 e. The maximum Gasteiger partial charge on any atom is 0.291 e. The summed E-state index contributed by atoms with van der Waals surface area (Å²) in [5, 5.41) is 10.5. The second-order valence-electron chi connectivity index (χ2n) is 7.81. The summed E-state index contributed by atoms with van der Waals surface area (Å²) in [6.45, 7) is 3.43. The first kappa shape index (κ1) is 20.0. The van der Waals surface area contributed by atoms with Gasteiger partial charge in [-0.2, -0.15) is 0 Å². The third-order valence-electron chi connectivity index (χ3n) is 5.62. The summed E-state index contributed by atoms with van der Waals surface area (Å²) in [6, 6.07) is 1.60. The molecule has 13 heteroatoms. The zero-order valence-corrected chi connectivity index (χ0v) is 18.2. The Labute approximate surface area is 179 Å². The van der Waals surface area contributed by atoms with E-state index in [1.165, 1.54) is 10.6 Å². The van der Waals surface area contributed by atoms with Crippen molar-refractivity contribution < 1.29 is 17.2 Å². The molecule has 2 aliphatic heterocycles. The molecule has 3 aromatic rings. The minimum absolute atomic E-state index is 0.0874. The van der Waals surface area contributed by atoms with Crippen LogP contribution in [0.25, 0.3) is 16.3 Å². The van der Waals surface area contributed by atoms with Crippen LogP contribution in [0, 0.1) is 5.41 Å². The average Bonchev–Trinajstić information content (AvgIpc) is 3.37. The molecular formula is C17H17ClF2N6O2S2. The fourth-order valence-electron chi connectivity index (χ4n) is 4.13. The van der Waals surface area contributed by atoms with Gasteiger partial charge in [0, 0.05) is 37.5 Å². The van der Waals surface area contributed by atoms with E-state index in [-0.39, 0.29) is 26.3 Å². The Bertz CT molecular complexity index is 1240. The van der Waals surface area contributed by atoms with Crippen LogP contribution in [0.1, 0.15) is 17.9 Å². The standard InChI is InChI=1S/C17H17ClF2N6O2S2/c1-30(27,28)9-4-10(25-7-17(8-25)2-3-21-6-17)11-12(18)22-14(26(11)5-9)16-24-23-15(29-16)13(19)20/h4-5,13,21H,2-3,6-8H2,1H3. The molecule has 2 fully saturated rings. The minimum Gasteiger partial charge on any atom is -0.368 e. The number of nitrogens with zero attached hydrogens (tertiary/aromatic N) is 5. The molecule has 0 atom stereocenters. The van der Waals surface area contributed by atoms with Crippen LogP contribution in [0.2, 0.25) is 5.15 Å². The number of anilines is 1. The molecule has 5 heterocycles. The lowest BCUT2D eigenvalue weighted by Crippen LogP contribution is -2.57. The van der Waals surface area contributed by atoms with Crippen LogP contribution in [0.3, 0.4) is 0 Å². The highest BCUT2D eigenvalue weighted by molar-refractivity contribution is 7.90. The maximum absolute atomic E-state index is 13.0. The smallest absolute Gasteiger partial charge is 0.291 e. The fraction of sp³-hybridized carbons (Fsp3) is 0.471. The van der Waals surface area contributed by atoms with E-state index < -0.39 is 21.3 Å². The normalized spacial score (nSPS) is 18.6. The summed E-state index contributed by atoms with van der Waals surface area (Å²) in [6.07, 6.45) is 0.829. The molecule has 0 aliphatic carbocycles. The number of pyridine rings is 1. The number of rotatable bonds is 4. The highest BCUT2D eigenvalue weighted by atomic mass is 35.5. The third kappa shape index (κ3) is 3.17. The van der Waals surface area contributed by atoms with Gasteiger partial charge in [0.25, 0.3) is 6.43 Å². The van der Waals surface area contributed by atoms with Crippen LogP contribution >= 0.6 is 22.9 Å². The van der Waals surface area contributed by atoms with E-state index in [0.29, 0.717) is 22.5 Å². The van der Waals surface area contributed by atoms with Crippen molar-refractivity contribution in [2.45, 2.75) is 17.7 Å². The number of imidazole rings is 1. The topological polar surface area (TPSA) is 92.5 Å². The quantitative estimate of drug-likeness (QED) is 0.621. The Morgan fingerprint density at radius 1 is 1.33 bits per heavy atom. The maximum atomic E-state index is 13.0. The van der Waals surface area contributed by atoms with Crippen molar-refractivity contribution in [3.63, 3.8) is 0 Å². The molecular weight excluding hydrogens is 458 g/mol. The van der Waals surface area contributed by atoms with Crippen molar-refractivity contribution >= 4 is 44.0 Å². The number of sulfone groups is 1. The number of hydrogen-bond acceptors (Lipinski definition) is 8. The van der Waals surface area contributed by atoms with Gasteiger partial charge in [-0.25, -0.2) is 22.2 Å². The summed E-state index contributed by atoms with van der Waals surface area (Å²) in [5.41, 5.74) is 1.35. The SMILES string of the molecule is CS(=O)(=O)c1cc(N2CC3(CCNC3)C2)c2c(Cl)nc(-c3nnc(C(F)F)s3)n2c1. The molecule has 0 radical (unpaired) electrons. The molecule has 8 nitrogen and oxygen atoms in total. The number of halogens is 3. The lowest BCUT2D eigenvalue weighted by atomic mass is 9.79. The summed E-state index contributed by atoms with van der Waals surface area (Å²) in [4.78, 5) is 6.47. The average molecular weight is 475 g/mol. The number of alkyl halides is 2. The molecule has 0 saturated carbocycles. The first-order valence-electron chi connectivity index (χ1n) is 9.16. The third-order valence-corrected chi connectivity index (χ3v) is 7.89. The molecule has 1 N–H and O–H groups in total. The van der Waals surface area contributed by atoms with E-state index in [0.717, 1.165) is 38.9 Å². The predicted molar refractivity (Wildman–Crippen MR) is 109 cm³/mol. The Hall–Kier alpha value is -1.89. The first-order chi connectivity index (χ1) is 14.2. The van der Waals surface area contributed by atoms with E-state index in [1.807, 2.05) is 0 Å². The molecule has 1 spiro atoms. The van der Waals surface area contributed by atoms with Crippen molar-refractivity contribution in [3.05, 3.63) is 22.4 Å². The molecule has 0 aromatic carbocycles. The van der Waals surface area contributed by atoms with Crippen molar-refractivity contribution in [1.29, 1.82) is 0 Å². The summed E-state index contributed by atoms with van der Waals surface area (Å²) in [7, 11) is -3.54. The second kappa shape index (κ2) is 6.81. The van der Waals surface area contributed by atoms with Crippen LogP contribution in [0.15, 0.2) is 17.2 Å². The molecule has 0 amide bonds. The Kier molecular flexibility index (Phi) is 4.55. The van der Waals surface area contributed by atoms with Crippen LogP contribution in [0.5, 0.6) is 0 Å². The molecule has 30 heavy (non-hydrogen) atoms. The van der Waals surface area contributed by atoms with Crippen LogP contribution in [-0.4, -0.2) is 60.4 Å². The van der Waals surface area contributed by atoms with Gasteiger partial charge in [-0.15, -0.1) is 10.2 Å². The Morgan fingerprint density at radius 2 is 2.10 bits per heavy atom. The van der Waals surface area contributed by atoms with Gasteiger partial charge in [0.2, 0.25) is 0 Å². The van der Waals surface area contributed by atoms with E-state index >= 15 is 0 Å². The highest BCUT2D eigenvalue weighted by Gasteiger charge is 2.45. The number of fused-ring (bicyclic) bond motifs is 1. The van der Waals surface area contributed by atoms with Crippen molar-refractivity contribution in [3.8, 4) is 10.8 Å². The zero-order valence-electron chi connectivity index (χ0n) is 15.8. The van der Waals surface area contributed by atoms with Gasteiger partial charge < -0.3 is 10.2 Å². The van der Waals surface area contributed by atoms with Gasteiger partial charge in [0.05, 0.1) is 10.6 Å². The van der Waals surface area contributed by atoms with E-state index in [4.69, 9.17) is 11.6 Å². The highest BCUT2D eigenvalue weighted by Crippen LogP contribution is 2.43. The Morgan fingerprint density at radius 3 is 2.70 bits per heavy atom. The van der Waals surface area contributed by atoms with Crippen LogP contribution in [-0.2, 0) is 9.84 Å². The monoisotopic (exact) mass is 474 g/mol. The molecule has 0 bridgehead atoms. The molecule has 5 rings (SSSR count). The molecule has 160 valence electrons. The molecule has 3 aromatic heterocycles. The lowest BCUT2D eigenvalue weighted by Gasteiger charge is -2.49. The molecule has 2 saturated heterocycles.